The molecule has 12 heteroatoms. The van der Waals surface area contributed by atoms with Crippen LogP contribution in [0.2, 0.25) is 0 Å². The van der Waals surface area contributed by atoms with Crippen LogP contribution in [0.15, 0.2) is 151 Å². The molecule has 0 fully saturated rings. The molecule has 0 radical (unpaired) electrons. The normalized spacial score (nSPS) is 13.2. The lowest BCUT2D eigenvalue weighted by Crippen LogP contribution is -2.29. The highest BCUT2D eigenvalue weighted by Gasteiger charge is 2.31. The van der Waals surface area contributed by atoms with Crippen molar-refractivity contribution in [2.75, 3.05) is 47.1 Å². The summed E-state index contributed by atoms with van der Waals surface area (Å²) in [7, 11) is 3.19. The molecule has 3 aliphatic carbocycles. The van der Waals surface area contributed by atoms with E-state index >= 15 is 0 Å². The van der Waals surface area contributed by atoms with Gasteiger partial charge >= 0.3 is 12.2 Å². The van der Waals surface area contributed by atoms with Crippen LogP contribution in [0.4, 0.5) is 9.59 Å². The highest BCUT2D eigenvalue weighted by molar-refractivity contribution is 6.25. The van der Waals surface area contributed by atoms with Crippen molar-refractivity contribution in [1.82, 2.24) is 10.6 Å². The summed E-state index contributed by atoms with van der Waals surface area (Å²) in [6, 6.07) is 45.6. The maximum atomic E-state index is 12.6. The summed E-state index contributed by atoms with van der Waals surface area (Å²) in [5.41, 5.74) is 12.4. The molecule has 7 aromatic carbocycles. The number of amides is 2. The van der Waals surface area contributed by atoms with Crippen molar-refractivity contribution in [3.63, 3.8) is 0 Å². The number of benzene rings is 7. The number of rotatable bonds is 14. The third-order valence-electron chi connectivity index (χ3n) is 13.3. The number of ketones is 2. The number of methoxy groups -OCH3 is 2. The van der Waals surface area contributed by atoms with E-state index in [4.69, 9.17) is 18.9 Å². The smallest absolute Gasteiger partial charge is 0.407 e. The number of nitrogens with one attached hydrogen (secondary N) is 2. The lowest BCUT2D eigenvalue weighted by molar-refractivity contribution is 0.0972. The Labute approximate surface area is 405 Å². The van der Waals surface area contributed by atoms with Crippen molar-refractivity contribution in [3.05, 3.63) is 201 Å². The van der Waals surface area contributed by atoms with E-state index in [1.54, 1.807) is 38.5 Å². The minimum Gasteiger partial charge on any atom is -0.496 e. The minimum absolute atomic E-state index is 0.0181. The molecule has 0 saturated heterocycles. The van der Waals surface area contributed by atoms with E-state index in [9.17, 15) is 29.4 Å². The monoisotopic (exact) mass is 936 g/mol. The second kappa shape index (κ2) is 21.1. The number of hydrogen-bond donors (Lipinski definition) is 4. The molecule has 0 aromatic heterocycles. The van der Waals surface area contributed by atoms with Crippen molar-refractivity contribution in [3.8, 4) is 33.8 Å². The van der Waals surface area contributed by atoms with E-state index in [1.165, 1.54) is 39.5 Å². The SMILES string of the molecule is COc1c(CO)cc(OC)c2c(CCNC(=O)OCC3c4ccccc4-c4ccccc43)cccc12.O=C(NCCc1cccc2c1C(=O)C=C(CO)C2=O)OCC1c2ccccc2-c2ccccc21. The fraction of sp³-hybridized carbons (Fsp3) is 0.207. The predicted molar refractivity (Wildman–Crippen MR) is 267 cm³/mol. The van der Waals surface area contributed by atoms with Crippen LogP contribution >= 0.6 is 0 Å². The molecule has 70 heavy (non-hydrogen) atoms. The number of Topliss-reactive ketones (excluding diaryl/α,β-unsaturated/α-hetero) is 1. The maximum Gasteiger partial charge on any atom is 0.407 e. The molecule has 0 aliphatic heterocycles. The third-order valence-corrected chi connectivity index (χ3v) is 13.3. The number of carbonyl (C=O) groups is 4. The third kappa shape index (κ3) is 9.26. The Hall–Kier alpha value is -8.06. The van der Waals surface area contributed by atoms with Crippen LogP contribution in [0.25, 0.3) is 33.0 Å². The van der Waals surface area contributed by atoms with Crippen LogP contribution < -0.4 is 20.1 Å². The van der Waals surface area contributed by atoms with Crippen LogP contribution in [0.1, 0.15) is 71.5 Å². The Kier molecular flexibility index (Phi) is 14.2. The number of aliphatic hydroxyl groups is 2. The van der Waals surface area contributed by atoms with Crippen LogP contribution in [0.5, 0.6) is 11.5 Å². The molecule has 0 heterocycles. The molecule has 10 rings (SSSR count). The minimum atomic E-state index is -0.531. The number of alkyl carbamates (subject to hydrolysis) is 2. The predicted octanol–water partition coefficient (Wildman–Crippen LogP) is 9.50. The van der Waals surface area contributed by atoms with E-state index in [0.717, 1.165) is 27.5 Å². The molecule has 0 unspecified atom stereocenters. The lowest BCUT2D eigenvalue weighted by atomic mass is 9.86. The van der Waals surface area contributed by atoms with Gasteiger partial charge in [-0.05, 0) is 80.6 Å². The summed E-state index contributed by atoms with van der Waals surface area (Å²) in [6.45, 7) is 0.542. The zero-order chi connectivity index (χ0) is 48.7. The number of allylic oxidation sites excluding steroid dienone is 1. The van der Waals surface area contributed by atoms with Gasteiger partial charge in [-0.3, -0.25) is 9.59 Å². The van der Waals surface area contributed by atoms with Gasteiger partial charge in [0.15, 0.2) is 11.6 Å². The fourth-order valence-corrected chi connectivity index (χ4v) is 10.0. The first-order valence-corrected chi connectivity index (χ1v) is 23.2. The van der Waals surface area contributed by atoms with Gasteiger partial charge in [0.2, 0.25) is 0 Å². The Morgan fingerprint density at radius 3 is 1.50 bits per heavy atom. The van der Waals surface area contributed by atoms with Crippen molar-refractivity contribution in [1.29, 1.82) is 0 Å². The largest absolute Gasteiger partial charge is 0.496 e. The molecule has 12 nitrogen and oxygen atoms in total. The lowest BCUT2D eigenvalue weighted by Gasteiger charge is -2.17. The highest BCUT2D eigenvalue weighted by atomic mass is 16.6. The van der Waals surface area contributed by atoms with Gasteiger partial charge in [-0.2, -0.15) is 0 Å². The van der Waals surface area contributed by atoms with Crippen molar-refractivity contribution < 1.29 is 48.3 Å². The second-order valence-corrected chi connectivity index (χ2v) is 17.1. The van der Waals surface area contributed by atoms with Gasteiger partial charge in [0.05, 0.1) is 27.4 Å². The van der Waals surface area contributed by atoms with E-state index in [1.807, 2.05) is 66.7 Å². The highest BCUT2D eigenvalue weighted by Crippen LogP contribution is 2.46. The first kappa shape index (κ1) is 47.0. The molecular formula is C58H52N2O10. The van der Waals surface area contributed by atoms with Gasteiger partial charge in [0.1, 0.15) is 24.7 Å². The molecule has 4 N–H and O–H groups in total. The van der Waals surface area contributed by atoms with Crippen LogP contribution in [-0.2, 0) is 28.9 Å². The Morgan fingerprint density at radius 1 is 0.543 bits per heavy atom. The first-order chi connectivity index (χ1) is 34.2. The van der Waals surface area contributed by atoms with E-state index < -0.39 is 18.8 Å². The second-order valence-electron chi connectivity index (χ2n) is 17.1. The number of ether oxygens (including phenoxy) is 4. The molecule has 354 valence electrons. The molecule has 3 aliphatic rings. The number of aliphatic hydroxyl groups excluding tert-OH is 2. The number of carbonyl (C=O) groups excluding carboxylic acids is 4. The van der Waals surface area contributed by atoms with Crippen LogP contribution in [-0.4, -0.2) is 81.1 Å². The summed E-state index contributed by atoms with van der Waals surface area (Å²) < 4.78 is 22.4. The summed E-state index contributed by atoms with van der Waals surface area (Å²) in [5.74, 6) is 0.638. The number of fused-ring (bicyclic) bond motifs is 8. The Morgan fingerprint density at radius 2 is 1.01 bits per heavy atom. The van der Waals surface area contributed by atoms with Gasteiger partial charge in [-0.1, -0.05) is 133 Å². The van der Waals surface area contributed by atoms with Gasteiger partial charge in [0.25, 0.3) is 0 Å². The van der Waals surface area contributed by atoms with Gasteiger partial charge < -0.3 is 39.8 Å². The van der Waals surface area contributed by atoms with Crippen LogP contribution in [0.3, 0.4) is 0 Å². The van der Waals surface area contributed by atoms with Crippen LogP contribution in [0, 0.1) is 0 Å². The fourth-order valence-electron chi connectivity index (χ4n) is 10.0. The zero-order valence-corrected chi connectivity index (χ0v) is 38.8. The van der Waals surface area contributed by atoms with E-state index in [0.29, 0.717) is 47.6 Å². The summed E-state index contributed by atoms with van der Waals surface area (Å²) in [6.07, 6.45) is 1.17. The topological polar surface area (TPSA) is 170 Å². The maximum absolute atomic E-state index is 12.6. The average molecular weight is 937 g/mol. The molecular weight excluding hydrogens is 885 g/mol. The van der Waals surface area contributed by atoms with Gasteiger partial charge in [-0.25, -0.2) is 9.59 Å². The zero-order valence-electron chi connectivity index (χ0n) is 38.8. The van der Waals surface area contributed by atoms with Crippen molar-refractivity contribution in [2.24, 2.45) is 0 Å². The summed E-state index contributed by atoms with van der Waals surface area (Å²) in [5, 5.41) is 26.4. The molecule has 7 aromatic rings. The summed E-state index contributed by atoms with van der Waals surface area (Å²) in [4.78, 5) is 49.9. The quantitative estimate of drug-likeness (QED) is 0.0824. The molecule has 2 amide bonds. The summed E-state index contributed by atoms with van der Waals surface area (Å²) >= 11 is 0. The Balaban J connectivity index is 0.000000174. The molecule has 0 saturated carbocycles. The number of hydrogen-bond acceptors (Lipinski definition) is 10. The first-order valence-electron chi connectivity index (χ1n) is 23.2. The van der Waals surface area contributed by atoms with Gasteiger partial charge in [-0.15, -0.1) is 0 Å². The molecule has 0 spiro atoms. The molecule has 0 bridgehead atoms. The van der Waals surface area contributed by atoms with Gasteiger partial charge in [0, 0.05) is 58.0 Å². The van der Waals surface area contributed by atoms with E-state index in [2.05, 4.69) is 59.2 Å². The average Bonchev–Trinajstić information content (AvgIpc) is 3.90. The van der Waals surface area contributed by atoms with E-state index in [-0.39, 0.29) is 60.9 Å². The van der Waals surface area contributed by atoms with Crippen molar-refractivity contribution in [2.45, 2.75) is 31.3 Å². The van der Waals surface area contributed by atoms with Crippen molar-refractivity contribution >= 4 is 34.5 Å². The standard InChI is InChI=1S/C30H29NO5.C28H23NO5/c1-34-27-16-20(17-32)29(35-2)25-13-7-8-19(28(25)27)14-15-31-30(33)36-18-26-23-11-5-3-9-21(23)22-10-4-6-12-24(22)26;30-15-18-14-25(31)26-17(6-5-11-23(26)27(18)32)12-13-29-28(33)34-16-24-21-9-3-1-7-19(21)20-8-2-4-10-22(20)24/h3-13,16,26,32H,14-15,17-18H2,1-2H3,(H,31,33);1-11,14,24,30H,12-13,15-16H2,(H,29,33). The molecule has 0 atom stereocenters. The Bertz CT molecular complexity index is 3090.